The normalized spacial score (nSPS) is 14.3. The molecule has 0 fully saturated rings. The molecule has 1 amide bonds. The highest BCUT2D eigenvalue weighted by Crippen LogP contribution is 2.43. The van der Waals surface area contributed by atoms with E-state index in [0.717, 1.165) is 23.7 Å². The molecule has 8 nitrogen and oxygen atoms in total. The molecule has 0 spiro atoms. The summed E-state index contributed by atoms with van der Waals surface area (Å²) in [6, 6.07) is 16.3. The third kappa shape index (κ3) is 6.18. The Bertz CT molecular complexity index is 1710. The second-order valence-corrected chi connectivity index (χ2v) is 11.8. The van der Waals surface area contributed by atoms with Gasteiger partial charge in [0, 0.05) is 10.2 Å². The maximum Gasteiger partial charge on any atom is 0.338 e. The van der Waals surface area contributed by atoms with Gasteiger partial charge in [-0.2, -0.15) is 0 Å². The topological polar surface area (TPSA) is 95.3 Å². The van der Waals surface area contributed by atoms with Crippen LogP contribution < -0.4 is 19.8 Å². The molecular formula is C34H34BrNO7. The molecule has 0 N–H and O–H groups in total. The number of hydrogen-bond donors (Lipinski definition) is 0. The average Bonchev–Trinajstić information content (AvgIpc) is 3.29. The number of rotatable bonds is 11. The quantitative estimate of drug-likeness (QED) is 0.122. The van der Waals surface area contributed by atoms with Gasteiger partial charge in [0.2, 0.25) is 5.76 Å². The molecule has 1 aliphatic rings. The van der Waals surface area contributed by atoms with Gasteiger partial charge in [-0.05, 0) is 78.9 Å². The second-order valence-electron chi connectivity index (χ2n) is 10.9. The van der Waals surface area contributed by atoms with E-state index in [1.165, 1.54) is 4.90 Å². The summed E-state index contributed by atoms with van der Waals surface area (Å²) in [6.07, 6.45) is 2.58. The molecule has 43 heavy (non-hydrogen) atoms. The lowest BCUT2D eigenvalue weighted by molar-refractivity contribution is 0.0499. The van der Waals surface area contributed by atoms with Crippen molar-refractivity contribution in [3.63, 3.8) is 0 Å². The Balaban J connectivity index is 1.60. The molecule has 9 heteroatoms. The lowest BCUT2D eigenvalue weighted by atomic mass is 9.97. The van der Waals surface area contributed by atoms with Crippen LogP contribution in [0.2, 0.25) is 0 Å². The van der Waals surface area contributed by atoms with Gasteiger partial charge in [-0.1, -0.05) is 49.2 Å². The number of anilines is 1. The van der Waals surface area contributed by atoms with Crippen LogP contribution in [0.15, 0.2) is 74.3 Å². The second kappa shape index (κ2) is 13.0. The molecule has 0 bridgehead atoms. The molecule has 1 unspecified atom stereocenters. The number of unbranched alkanes of at least 4 members (excludes halogenated alkanes) is 1. The standard InChI is InChI=1S/C34H34BrNO7/c1-5-6-16-42-34(39)21-7-11-24(12-8-21)36-30(22-9-13-27(28(18-22)40-4)41-17-15-20(2)3)29-31(37)25-19-23(35)10-14-26(25)43-32(29)33(36)38/h7-14,18-20,30H,5-6,15-17H2,1-4H3. The highest BCUT2D eigenvalue weighted by molar-refractivity contribution is 9.10. The summed E-state index contributed by atoms with van der Waals surface area (Å²) in [6.45, 7) is 7.15. The lowest BCUT2D eigenvalue weighted by Crippen LogP contribution is -2.29. The first-order valence-corrected chi connectivity index (χ1v) is 15.2. The molecule has 0 saturated carbocycles. The average molecular weight is 649 g/mol. The van der Waals surface area contributed by atoms with Crippen molar-refractivity contribution in [2.75, 3.05) is 25.2 Å². The van der Waals surface area contributed by atoms with Crippen molar-refractivity contribution < 1.29 is 28.2 Å². The van der Waals surface area contributed by atoms with E-state index in [1.54, 1.807) is 61.7 Å². The third-order valence-electron chi connectivity index (χ3n) is 7.40. The Morgan fingerprint density at radius 3 is 2.47 bits per heavy atom. The van der Waals surface area contributed by atoms with Crippen LogP contribution in [0.1, 0.15) is 78.1 Å². The molecule has 0 saturated heterocycles. The number of amides is 1. The third-order valence-corrected chi connectivity index (χ3v) is 7.89. The van der Waals surface area contributed by atoms with Crippen LogP contribution in [0.4, 0.5) is 5.69 Å². The largest absolute Gasteiger partial charge is 0.493 e. The number of carbonyl (C=O) groups is 2. The van der Waals surface area contributed by atoms with Gasteiger partial charge >= 0.3 is 5.97 Å². The van der Waals surface area contributed by atoms with Crippen molar-refractivity contribution >= 4 is 44.5 Å². The van der Waals surface area contributed by atoms with Crippen molar-refractivity contribution in [3.8, 4) is 11.5 Å². The Kier molecular flexibility index (Phi) is 9.20. The Morgan fingerprint density at radius 2 is 1.77 bits per heavy atom. The molecule has 0 radical (unpaired) electrons. The smallest absolute Gasteiger partial charge is 0.338 e. The van der Waals surface area contributed by atoms with Gasteiger partial charge in [0.15, 0.2) is 16.9 Å². The number of halogens is 1. The molecule has 1 aromatic heterocycles. The first kappa shape index (κ1) is 30.4. The molecule has 224 valence electrons. The van der Waals surface area contributed by atoms with Crippen LogP contribution >= 0.6 is 15.9 Å². The summed E-state index contributed by atoms with van der Waals surface area (Å²) < 4.78 is 23.8. The predicted octanol–water partition coefficient (Wildman–Crippen LogP) is 7.70. The number of nitrogens with zero attached hydrogens (tertiary/aromatic N) is 1. The van der Waals surface area contributed by atoms with Gasteiger partial charge in [0.25, 0.3) is 5.91 Å². The molecule has 2 heterocycles. The van der Waals surface area contributed by atoms with E-state index in [0.29, 0.717) is 58.4 Å². The van der Waals surface area contributed by atoms with Gasteiger partial charge in [-0.3, -0.25) is 14.5 Å². The Hall–Kier alpha value is -4.11. The highest BCUT2D eigenvalue weighted by Gasteiger charge is 2.44. The number of methoxy groups -OCH3 is 1. The minimum Gasteiger partial charge on any atom is -0.493 e. The fourth-order valence-electron chi connectivity index (χ4n) is 5.06. The van der Waals surface area contributed by atoms with Crippen molar-refractivity contribution in [3.05, 3.63) is 97.8 Å². The van der Waals surface area contributed by atoms with Crippen molar-refractivity contribution in [1.82, 2.24) is 0 Å². The van der Waals surface area contributed by atoms with E-state index in [9.17, 15) is 14.4 Å². The van der Waals surface area contributed by atoms with Gasteiger partial charge < -0.3 is 18.6 Å². The highest BCUT2D eigenvalue weighted by atomic mass is 79.9. The zero-order valence-electron chi connectivity index (χ0n) is 24.6. The maximum atomic E-state index is 14.0. The number of benzene rings is 3. The first-order chi connectivity index (χ1) is 20.7. The maximum absolute atomic E-state index is 14.0. The van der Waals surface area contributed by atoms with Gasteiger partial charge in [0.05, 0.1) is 42.9 Å². The summed E-state index contributed by atoms with van der Waals surface area (Å²) in [5.74, 6) is 0.627. The van der Waals surface area contributed by atoms with E-state index >= 15 is 0 Å². The minimum atomic E-state index is -0.817. The Labute approximate surface area is 258 Å². The number of ether oxygens (including phenoxy) is 3. The summed E-state index contributed by atoms with van der Waals surface area (Å²) in [5, 5.41) is 0.360. The fourth-order valence-corrected chi connectivity index (χ4v) is 5.42. The SMILES string of the molecule is CCCCOC(=O)c1ccc(N2C(=O)c3oc4ccc(Br)cc4c(=O)c3C2c2ccc(OCCC(C)C)c(OC)c2)cc1. The monoisotopic (exact) mass is 647 g/mol. The zero-order chi connectivity index (χ0) is 30.7. The summed E-state index contributed by atoms with van der Waals surface area (Å²) in [7, 11) is 1.55. The number of carbonyl (C=O) groups excluding carboxylic acids is 2. The van der Waals surface area contributed by atoms with Crippen LogP contribution in [0, 0.1) is 5.92 Å². The summed E-state index contributed by atoms with van der Waals surface area (Å²) in [5.41, 5.74) is 1.75. The summed E-state index contributed by atoms with van der Waals surface area (Å²) in [4.78, 5) is 42.0. The minimum absolute atomic E-state index is 0.0240. The molecule has 5 rings (SSSR count). The first-order valence-electron chi connectivity index (χ1n) is 14.4. The van der Waals surface area contributed by atoms with E-state index in [4.69, 9.17) is 18.6 Å². The van der Waals surface area contributed by atoms with Gasteiger partial charge in [0.1, 0.15) is 5.58 Å². The van der Waals surface area contributed by atoms with E-state index in [-0.39, 0.29) is 16.8 Å². The van der Waals surface area contributed by atoms with Crippen LogP contribution in [0.3, 0.4) is 0 Å². The molecule has 3 aromatic carbocycles. The predicted molar refractivity (Wildman–Crippen MR) is 168 cm³/mol. The zero-order valence-corrected chi connectivity index (χ0v) is 26.2. The van der Waals surface area contributed by atoms with Crippen molar-refractivity contribution in [2.45, 2.75) is 46.1 Å². The van der Waals surface area contributed by atoms with Crippen LogP contribution in [0.25, 0.3) is 11.0 Å². The molecule has 1 atom stereocenters. The van der Waals surface area contributed by atoms with Crippen LogP contribution in [0.5, 0.6) is 11.5 Å². The number of esters is 1. The molecule has 0 aliphatic carbocycles. The fraction of sp³-hybridized carbons (Fsp3) is 0.324. The van der Waals surface area contributed by atoms with Crippen molar-refractivity contribution in [1.29, 1.82) is 0 Å². The number of hydrogen-bond acceptors (Lipinski definition) is 7. The van der Waals surface area contributed by atoms with Crippen LogP contribution in [-0.4, -0.2) is 32.2 Å². The van der Waals surface area contributed by atoms with E-state index in [1.807, 2.05) is 13.0 Å². The Morgan fingerprint density at radius 1 is 1.00 bits per heavy atom. The lowest BCUT2D eigenvalue weighted by Gasteiger charge is -2.26. The number of fused-ring (bicyclic) bond motifs is 2. The molecule has 4 aromatic rings. The van der Waals surface area contributed by atoms with Crippen LogP contribution in [-0.2, 0) is 4.74 Å². The summed E-state index contributed by atoms with van der Waals surface area (Å²) >= 11 is 3.44. The van der Waals surface area contributed by atoms with E-state index < -0.39 is 17.9 Å². The van der Waals surface area contributed by atoms with Gasteiger partial charge in [-0.25, -0.2) is 4.79 Å². The van der Waals surface area contributed by atoms with Crippen molar-refractivity contribution in [2.24, 2.45) is 5.92 Å². The molecule has 1 aliphatic heterocycles. The molecular weight excluding hydrogens is 614 g/mol. The van der Waals surface area contributed by atoms with Gasteiger partial charge in [-0.15, -0.1) is 0 Å². The van der Waals surface area contributed by atoms with E-state index in [2.05, 4.69) is 29.8 Å².